The zero-order valence-corrected chi connectivity index (χ0v) is 13.3. The van der Waals surface area contributed by atoms with E-state index in [1.165, 1.54) is 4.90 Å². The number of hydrogen-bond donors (Lipinski definition) is 0. The van der Waals surface area contributed by atoms with Crippen LogP contribution >= 0.6 is 0 Å². The Morgan fingerprint density at radius 3 is 2.09 bits per heavy atom. The SMILES string of the molecule is C=CCN1C(=O)N(Cc2ccccc2)C(=O)C1(CC=C)CC=C. The molecule has 0 saturated carbocycles. The first-order valence-corrected chi connectivity index (χ1v) is 7.61. The van der Waals surface area contributed by atoms with Crippen LogP contribution in [0.2, 0.25) is 0 Å². The van der Waals surface area contributed by atoms with Crippen LogP contribution < -0.4 is 0 Å². The van der Waals surface area contributed by atoms with Crippen LogP contribution in [-0.4, -0.2) is 33.8 Å². The van der Waals surface area contributed by atoms with Crippen molar-refractivity contribution in [1.29, 1.82) is 0 Å². The van der Waals surface area contributed by atoms with Crippen LogP contribution in [0.5, 0.6) is 0 Å². The molecule has 0 aromatic heterocycles. The molecular formula is C19H22N2O2. The minimum atomic E-state index is -0.941. The van der Waals surface area contributed by atoms with Crippen LogP contribution in [-0.2, 0) is 11.3 Å². The third kappa shape index (κ3) is 2.97. The van der Waals surface area contributed by atoms with Crippen molar-refractivity contribution >= 4 is 11.9 Å². The van der Waals surface area contributed by atoms with Crippen LogP contribution in [0.15, 0.2) is 68.3 Å². The Hall–Kier alpha value is -2.62. The van der Waals surface area contributed by atoms with Gasteiger partial charge in [0.1, 0.15) is 5.54 Å². The molecule has 0 aliphatic carbocycles. The zero-order chi connectivity index (χ0) is 16.9. The molecule has 1 aromatic rings. The number of hydrogen-bond acceptors (Lipinski definition) is 2. The standard InChI is InChI=1S/C19H22N2O2/c1-4-12-19(13-5-2)17(22)20(18(23)21(19)14-6-3)15-16-10-8-7-9-11-16/h4-11H,1-3,12-15H2. The van der Waals surface area contributed by atoms with Gasteiger partial charge in [-0.1, -0.05) is 48.6 Å². The molecule has 0 N–H and O–H groups in total. The largest absolute Gasteiger partial charge is 0.328 e. The number of rotatable bonds is 8. The van der Waals surface area contributed by atoms with E-state index in [1.807, 2.05) is 30.3 Å². The Labute approximate surface area is 137 Å². The minimum Gasteiger partial charge on any atom is -0.305 e. The molecule has 0 unspecified atom stereocenters. The van der Waals surface area contributed by atoms with Crippen molar-refractivity contribution in [2.24, 2.45) is 0 Å². The van der Waals surface area contributed by atoms with Gasteiger partial charge in [-0.3, -0.25) is 9.69 Å². The Kier molecular flexibility index (Phi) is 5.16. The van der Waals surface area contributed by atoms with E-state index in [1.54, 1.807) is 23.1 Å². The first kappa shape index (κ1) is 16.7. The lowest BCUT2D eigenvalue weighted by molar-refractivity contribution is -0.133. The van der Waals surface area contributed by atoms with Crippen molar-refractivity contribution in [3.05, 3.63) is 73.9 Å². The van der Waals surface area contributed by atoms with E-state index in [2.05, 4.69) is 19.7 Å². The van der Waals surface area contributed by atoms with E-state index in [0.29, 0.717) is 19.4 Å². The first-order chi connectivity index (χ1) is 11.1. The Bertz CT molecular complexity index is 612. The normalized spacial score (nSPS) is 16.5. The van der Waals surface area contributed by atoms with Crippen molar-refractivity contribution in [3.8, 4) is 0 Å². The maximum absolute atomic E-state index is 13.0. The summed E-state index contributed by atoms with van der Waals surface area (Å²) in [5, 5.41) is 0. The van der Waals surface area contributed by atoms with E-state index in [9.17, 15) is 9.59 Å². The summed E-state index contributed by atoms with van der Waals surface area (Å²) in [5.41, 5.74) is -0.0235. The van der Waals surface area contributed by atoms with Gasteiger partial charge in [-0.2, -0.15) is 0 Å². The number of carbonyl (C=O) groups excluding carboxylic acids is 2. The molecule has 0 bridgehead atoms. The van der Waals surface area contributed by atoms with Crippen LogP contribution in [0, 0.1) is 0 Å². The molecule has 23 heavy (non-hydrogen) atoms. The highest BCUT2D eigenvalue weighted by molar-refractivity contribution is 6.07. The number of urea groups is 1. The number of amides is 3. The molecule has 4 nitrogen and oxygen atoms in total. The summed E-state index contributed by atoms with van der Waals surface area (Å²) < 4.78 is 0. The summed E-state index contributed by atoms with van der Waals surface area (Å²) in [6, 6.07) is 9.20. The molecule has 0 atom stereocenters. The Morgan fingerprint density at radius 1 is 0.957 bits per heavy atom. The summed E-state index contributed by atoms with van der Waals surface area (Å²) in [7, 11) is 0. The highest BCUT2D eigenvalue weighted by atomic mass is 16.2. The first-order valence-electron chi connectivity index (χ1n) is 7.61. The maximum atomic E-state index is 13.0. The van der Waals surface area contributed by atoms with E-state index in [4.69, 9.17) is 0 Å². The Morgan fingerprint density at radius 2 is 1.57 bits per heavy atom. The molecule has 3 amide bonds. The van der Waals surface area contributed by atoms with Gasteiger partial charge >= 0.3 is 6.03 Å². The second kappa shape index (κ2) is 7.09. The van der Waals surface area contributed by atoms with Gasteiger partial charge in [-0.25, -0.2) is 4.79 Å². The molecule has 4 heteroatoms. The van der Waals surface area contributed by atoms with Crippen LogP contribution in [0.25, 0.3) is 0 Å². The van der Waals surface area contributed by atoms with Crippen LogP contribution in [0.1, 0.15) is 18.4 Å². The lowest BCUT2D eigenvalue weighted by atomic mass is 9.89. The molecule has 1 aliphatic rings. The van der Waals surface area contributed by atoms with Gasteiger partial charge in [0.05, 0.1) is 6.54 Å². The molecular weight excluding hydrogens is 288 g/mol. The number of nitrogens with zero attached hydrogens (tertiary/aromatic N) is 2. The topological polar surface area (TPSA) is 40.6 Å². The lowest BCUT2D eigenvalue weighted by Crippen LogP contribution is -2.49. The molecule has 1 aliphatic heterocycles. The average molecular weight is 310 g/mol. The fourth-order valence-corrected chi connectivity index (χ4v) is 3.03. The lowest BCUT2D eigenvalue weighted by Gasteiger charge is -2.32. The maximum Gasteiger partial charge on any atom is 0.328 e. The Balaban J connectivity index is 2.40. The number of imide groups is 1. The van der Waals surface area contributed by atoms with E-state index < -0.39 is 5.54 Å². The third-order valence-electron chi connectivity index (χ3n) is 4.08. The number of benzene rings is 1. The third-order valence-corrected chi connectivity index (χ3v) is 4.08. The van der Waals surface area contributed by atoms with Gasteiger partial charge in [0.15, 0.2) is 0 Å². The van der Waals surface area contributed by atoms with Crippen molar-refractivity contribution in [3.63, 3.8) is 0 Å². The highest BCUT2D eigenvalue weighted by Crippen LogP contribution is 2.35. The smallest absolute Gasteiger partial charge is 0.305 e. The monoisotopic (exact) mass is 310 g/mol. The summed E-state index contributed by atoms with van der Waals surface area (Å²) in [6.45, 7) is 11.8. The predicted octanol–water partition coefficient (Wildman–Crippen LogP) is 3.53. The van der Waals surface area contributed by atoms with Gasteiger partial charge in [-0.15, -0.1) is 19.7 Å². The van der Waals surface area contributed by atoms with Crippen molar-refractivity contribution in [2.75, 3.05) is 6.54 Å². The van der Waals surface area contributed by atoms with E-state index in [-0.39, 0.29) is 18.5 Å². The molecule has 2 rings (SSSR count). The molecule has 0 spiro atoms. The quantitative estimate of drug-likeness (QED) is 0.544. The van der Waals surface area contributed by atoms with Crippen molar-refractivity contribution in [1.82, 2.24) is 9.80 Å². The van der Waals surface area contributed by atoms with E-state index >= 15 is 0 Å². The minimum absolute atomic E-state index is 0.201. The molecule has 120 valence electrons. The van der Waals surface area contributed by atoms with Crippen molar-refractivity contribution < 1.29 is 9.59 Å². The molecule has 1 aromatic carbocycles. The number of carbonyl (C=O) groups is 2. The van der Waals surface area contributed by atoms with Gasteiger partial charge in [0, 0.05) is 6.54 Å². The summed E-state index contributed by atoms with van der Waals surface area (Å²) in [4.78, 5) is 28.7. The molecule has 0 radical (unpaired) electrons. The molecule has 1 heterocycles. The summed E-state index contributed by atoms with van der Waals surface area (Å²) in [6.07, 6.45) is 5.77. The summed E-state index contributed by atoms with van der Waals surface area (Å²) >= 11 is 0. The predicted molar refractivity (Wildman–Crippen MR) is 91.7 cm³/mol. The fourth-order valence-electron chi connectivity index (χ4n) is 3.03. The van der Waals surface area contributed by atoms with Gasteiger partial charge in [-0.05, 0) is 18.4 Å². The summed E-state index contributed by atoms with van der Waals surface area (Å²) in [5.74, 6) is -0.201. The second-order valence-corrected chi connectivity index (χ2v) is 5.58. The molecule has 1 saturated heterocycles. The molecule has 1 fully saturated rings. The van der Waals surface area contributed by atoms with Gasteiger partial charge in [0.25, 0.3) is 5.91 Å². The second-order valence-electron chi connectivity index (χ2n) is 5.58. The van der Waals surface area contributed by atoms with Crippen molar-refractivity contribution in [2.45, 2.75) is 24.9 Å². The van der Waals surface area contributed by atoms with Gasteiger partial charge in [0.2, 0.25) is 0 Å². The fraction of sp³-hybridized carbons (Fsp3) is 0.263. The highest BCUT2D eigenvalue weighted by Gasteiger charge is 2.55. The average Bonchev–Trinajstić information content (AvgIpc) is 2.73. The van der Waals surface area contributed by atoms with Crippen LogP contribution in [0.4, 0.5) is 4.79 Å². The van der Waals surface area contributed by atoms with E-state index in [0.717, 1.165) is 5.56 Å². The van der Waals surface area contributed by atoms with Gasteiger partial charge < -0.3 is 4.90 Å². The zero-order valence-electron chi connectivity index (χ0n) is 13.3. The van der Waals surface area contributed by atoms with Crippen LogP contribution in [0.3, 0.4) is 0 Å².